The van der Waals surface area contributed by atoms with Gasteiger partial charge in [-0.25, -0.2) is 0 Å². The Labute approximate surface area is 130 Å². The van der Waals surface area contributed by atoms with E-state index in [0.29, 0.717) is 4.75 Å². The largest absolute Gasteiger partial charge is 0.313 e. The lowest BCUT2D eigenvalue weighted by Gasteiger charge is -2.42. The molecule has 0 bridgehead atoms. The minimum Gasteiger partial charge on any atom is -0.313 e. The fourth-order valence-electron chi connectivity index (χ4n) is 5.04. The van der Waals surface area contributed by atoms with Crippen LogP contribution in [0.4, 0.5) is 0 Å². The molecule has 0 saturated heterocycles. The van der Waals surface area contributed by atoms with Gasteiger partial charge in [0.05, 0.1) is 0 Å². The van der Waals surface area contributed by atoms with Crippen molar-refractivity contribution in [1.82, 2.24) is 5.32 Å². The molecule has 3 unspecified atom stereocenters. The molecule has 2 heteroatoms. The second kappa shape index (κ2) is 7.05. The normalized spacial score (nSPS) is 37.4. The standard InChI is InChI=1S/C18H33NS/c1-20-18(11-5-2-6-12-18)14-19-17-10-9-15-7-3-4-8-16(15)13-17/h15-17,19H,2-14H2,1H3. The van der Waals surface area contributed by atoms with Gasteiger partial charge in [0.1, 0.15) is 0 Å². The molecule has 3 aliphatic rings. The first-order valence-corrected chi connectivity index (χ1v) is 10.3. The van der Waals surface area contributed by atoms with Crippen molar-refractivity contribution in [3.8, 4) is 0 Å². The van der Waals surface area contributed by atoms with Gasteiger partial charge in [0.25, 0.3) is 0 Å². The Bertz CT molecular complexity index is 298. The molecule has 0 aromatic heterocycles. The van der Waals surface area contributed by atoms with E-state index < -0.39 is 0 Å². The highest BCUT2D eigenvalue weighted by molar-refractivity contribution is 8.00. The molecule has 0 aromatic rings. The first kappa shape index (κ1) is 15.2. The third-order valence-corrected chi connectivity index (χ3v) is 7.87. The first-order chi connectivity index (χ1) is 9.81. The molecule has 1 N–H and O–H groups in total. The summed E-state index contributed by atoms with van der Waals surface area (Å²) >= 11 is 2.14. The maximum atomic E-state index is 4.00. The topological polar surface area (TPSA) is 12.0 Å². The molecule has 3 atom stereocenters. The summed E-state index contributed by atoms with van der Waals surface area (Å²) < 4.78 is 0.571. The van der Waals surface area contributed by atoms with Crippen LogP contribution in [-0.2, 0) is 0 Å². The third-order valence-electron chi connectivity index (χ3n) is 6.45. The van der Waals surface area contributed by atoms with Gasteiger partial charge in [-0.05, 0) is 50.2 Å². The van der Waals surface area contributed by atoms with Crippen LogP contribution in [0.25, 0.3) is 0 Å². The fraction of sp³-hybridized carbons (Fsp3) is 1.00. The molecular weight excluding hydrogens is 262 g/mol. The van der Waals surface area contributed by atoms with Crippen molar-refractivity contribution in [3.05, 3.63) is 0 Å². The van der Waals surface area contributed by atoms with Crippen LogP contribution in [0, 0.1) is 11.8 Å². The molecule has 1 nitrogen and oxygen atoms in total. The zero-order valence-electron chi connectivity index (χ0n) is 13.3. The SMILES string of the molecule is CSC1(CNC2CCC3CCCCC3C2)CCCCC1. The minimum absolute atomic E-state index is 0.571. The minimum atomic E-state index is 0.571. The fourth-order valence-corrected chi connectivity index (χ4v) is 5.96. The quantitative estimate of drug-likeness (QED) is 0.783. The maximum Gasteiger partial charge on any atom is 0.0281 e. The lowest BCUT2D eigenvalue weighted by Crippen LogP contribution is -2.46. The summed E-state index contributed by atoms with van der Waals surface area (Å²) in [6.07, 6.45) is 20.1. The second-order valence-electron chi connectivity index (χ2n) is 7.64. The molecule has 0 amide bonds. The Morgan fingerprint density at radius 3 is 2.40 bits per heavy atom. The molecule has 20 heavy (non-hydrogen) atoms. The van der Waals surface area contributed by atoms with Gasteiger partial charge in [-0.3, -0.25) is 0 Å². The Morgan fingerprint density at radius 1 is 0.900 bits per heavy atom. The smallest absolute Gasteiger partial charge is 0.0281 e. The number of hydrogen-bond acceptors (Lipinski definition) is 2. The summed E-state index contributed by atoms with van der Waals surface area (Å²) in [6.45, 7) is 1.27. The molecule has 0 radical (unpaired) electrons. The molecule has 0 spiro atoms. The highest BCUT2D eigenvalue weighted by atomic mass is 32.2. The zero-order valence-corrected chi connectivity index (χ0v) is 14.1. The van der Waals surface area contributed by atoms with Crippen molar-refractivity contribution in [1.29, 1.82) is 0 Å². The molecule has 3 fully saturated rings. The van der Waals surface area contributed by atoms with Crippen LogP contribution in [0.15, 0.2) is 0 Å². The highest BCUT2D eigenvalue weighted by Crippen LogP contribution is 2.41. The molecular formula is C18H33NS. The molecule has 3 saturated carbocycles. The average Bonchev–Trinajstić information content (AvgIpc) is 2.54. The van der Waals surface area contributed by atoms with Crippen LogP contribution >= 0.6 is 11.8 Å². The summed E-state index contributed by atoms with van der Waals surface area (Å²) in [5.41, 5.74) is 0. The Kier molecular flexibility index (Phi) is 5.36. The maximum absolute atomic E-state index is 4.00. The van der Waals surface area contributed by atoms with Crippen molar-refractivity contribution in [2.24, 2.45) is 11.8 Å². The van der Waals surface area contributed by atoms with Crippen molar-refractivity contribution in [2.75, 3.05) is 12.8 Å². The second-order valence-corrected chi connectivity index (χ2v) is 8.92. The summed E-state index contributed by atoms with van der Waals surface area (Å²) in [7, 11) is 0. The van der Waals surface area contributed by atoms with Crippen molar-refractivity contribution in [3.63, 3.8) is 0 Å². The first-order valence-electron chi connectivity index (χ1n) is 9.10. The van der Waals surface area contributed by atoms with E-state index in [9.17, 15) is 0 Å². The molecule has 3 aliphatic carbocycles. The van der Waals surface area contributed by atoms with Gasteiger partial charge in [-0.2, -0.15) is 11.8 Å². The van der Waals surface area contributed by atoms with Crippen molar-refractivity contribution < 1.29 is 0 Å². The van der Waals surface area contributed by atoms with E-state index in [1.54, 1.807) is 0 Å². The summed E-state index contributed by atoms with van der Waals surface area (Å²) in [4.78, 5) is 0. The van der Waals surface area contributed by atoms with Crippen molar-refractivity contribution >= 4 is 11.8 Å². The summed E-state index contributed by atoms with van der Waals surface area (Å²) in [6, 6.07) is 0.834. The van der Waals surface area contributed by atoms with Crippen LogP contribution < -0.4 is 5.32 Å². The van der Waals surface area contributed by atoms with E-state index in [0.717, 1.165) is 17.9 Å². The molecule has 3 rings (SSSR count). The third kappa shape index (κ3) is 3.55. The highest BCUT2D eigenvalue weighted by Gasteiger charge is 2.35. The van der Waals surface area contributed by atoms with Crippen LogP contribution in [0.2, 0.25) is 0 Å². The Balaban J connectivity index is 1.48. The van der Waals surface area contributed by atoms with Crippen LogP contribution in [-0.4, -0.2) is 23.6 Å². The molecule has 0 aliphatic heterocycles. The van der Waals surface area contributed by atoms with E-state index in [1.807, 2.05) is 0 Å². The van der Waals surface area contributed by atoms with E-state index in [-0.39, 0.29) is 0 Å². The Morgan fingerprint density at radius 2 is 1.65 bits per heavy atom. The summed E-state index contributed by atoms with van der Waals surface area (Å²) in [5.74, 6) is 2.15. The van der Waals surface area contributed by atoms with E-state index in [4.69, 9.17) is 0 Å². The van der Waals surface area contributed by atoms with Crippen molar-refractivity contribution in [2.45, 2.75) is 87.8 Å². The summed E-state index contributed by atoms with van der Waals surface area (Å²) in [5, 5.41) is 4.00. The van der Waals surface area contributed by atoms with Gasteiger partial charge in [-0.15, -0.1) is 0 Å². The van der Waals surface area contributed by atoms with Gasteiger partial charge >= 0.3 is 0 Å². The number of thioether (sulfide) groups is 1. The predicted molar refractivity (Wildman–Crippen MR) is 90.4 cm³/mol. The van der Waals surface area contributed by atoms with Crippen LogP contribution in [0.1, 0.15) is 77.0 Å². The van der Waals surface area contributed by atoms with E-state index in [1.165, 1.54) is 83.6 Å². The number of hydrogen-bond donors (Lipinski definition) is 1. The van der Waals surface area contributed by atoms with Gasteiger partial charge in [0.2, 0.25) is 0 Å². The van der Waals surface area contributed by atoms with E-state index >= 15 is 0 Å². The average molecular weight is 296 g/mol. The number of fused-ring (bicyclic) bond motifs is 1. The monoisotopic (exact) mass is 295 g/mol. The lowest BCUT2D eigenvalue weighted by atomic mass is 9.69. The van der Waals surface area contributed by atoms with Gasteiger partial charge < -0.3 is 5.32 Å². The number of rotatable bonds is 4. The number of nitrogens with one attached hydrogen (secondary N) is 1. The lowest BCUT2D eigenvalue weighted by molar-refractivity contribution is 0.141. The van der Waals surface area contributed by atoms with Crippen LogP contribution in [0.5, 0.6) is 0 Å². The molecule has 116 valence electrons. The zero-order chi connectivity index (χ0) is 13.8. The van der Waals surface area contributed by atoms with Gasteiger partial charge in [0, 0.05) is 17.3 Å². The van der Waals surface area contributed by atoms with Gasteiger partial charge in [0.15, 0.2) is 0 Å². The van der Waals surface area contributed by atoms with E-state index in [2.05, 4.69) is 23.3 Å². The molecule has 0 heterocycles. The Hall–Kier alpha value is 0.310. The van der Waals surface area contributed by atoms with Gasteiger partial charge in [-0.1, -0.05) is 44.9 Å². The molecule has 0 aromatic carbocycles. The predicted octanol–water partition coefficient (Wildman–Crippen LogP) is 5.00. The van der Waals surface area contributed by atoms with Crippen LogP contribution in [0.3, 0.4) is 0 Å².